The van der Waals surface area contributed by atoms with Crippen LogP contribution in [0.25, 0.3) is 11.4 Å². The lowest BCUT2D eigenvalue weighted by molar-refractivity contribution is 0.387. The van der Waals surface area contributed by atoms with E-state index in [1.54, 1.807) is 6.07 Å². The maximum Gasteiger partial charge on any atom is 0.227 e. The van der Waals surface area contributed by atoms with Crippen LogP contribution in [0.15, 0.2) is 18.2 Å². The van der Waals surface area contributed by atoms with E-state index < -0.39 is 5.82 Å². The van der Waals surface area contributed by atoms with Gasteiger partial charge in [-0.05, 0) is 35.3 Å². The average Bonchev–Trinajstić information content (AvgIpc) is 2.28. The maximum absolute atomic E-state index is 13.9. The van der Waals surface area contributed by atoms with Crippen LogP contribution in [0.5, 0.6) is 5.75 Å². The Morgan fingerprint density at radius 2 is 1.76 bits per heavy atom. The molecule has 0 radical (unpaired) electrons. The molecule has 88 valence electrons. The van der Waals surface area contributed by atoms with E-state index >= 15 is 0 Å². The van der Waals surface area contributed by atoms with Crippen molar-refractivity contribution in [3.63, 3.8) is 0 Å². The molecule has 2 aromatic rings. The van der Waals surface area contributed by atoms with Gasteiger partial charge < -0.3 is 4.74 Å². The van der Waals surface area contributed by atoms with Crippen molar-refractivity contribution in [3.05, 3.63) is 34.6 Å². The summed E-state index contributed by atoms with van der Waals surface area (Å²) in [6, 6.07) is 4.60. The predicted molar refractivity (Wildman–Crippen MR) is 61.8 cm³/mol. The standard InChI is InChI=1S/C10H6Cl2FN3O/c1-17-6-4-2-3-5(7(6)13)8-14-9(11)16-10(12)15-8/h2-4H,1H3. The van der Waals surface area contributed by atoms with Crippen molar-refractivity contribution in [1.29, 1.82) is 0 Å². The molecule has 0 N–H and O–H groups in total. The highest BCUT2D eigenvalue weighted by Gasteiger charge is 2.14. The van der Waals surface area contributed by atoms with Crippen molar-refractivity contribution in [2.45, 2.75) is 0 Å². The largest absolute Gasteiger partial charge is 0.494 e. The van der Waals surface area contributed by atoms with Crippen LogP contribution >= 0.6 is 23.2 Å². The number of aromatic nitrogens is 3. The molecule has 0 bridgehead atoms. The third kappa shape index (κ3) is 2.45. The van der Waals surface area contributed by atoms with E-state index in [0.717, 1.165) is 0 Å². The molecule has 0 unspecified atom stereocenters. The minimum absolute atomic E-state index is 0.0615. The minimum atomic E-state index is -0.576. The summed E-state index contributed by atoms with van der Waals surface area (Å²) in [6.45, 7) is 0. The van der Waals surface area contributed by atoms with Gasteiger partial charge in [-0.2, -0.15) is 15.0 Å². The summed E-state index contributed by atoms with van der Waals surface area (Å²) in [5.41, 5.74) is 0.149. The first-order valence-corrected chi connectivity index (χ1v) is 5.27. The number of nitrogens with zero attached hydrogens (tertiary/aromatic N) is 3. The molecule has 0 saturated heterocycles. The number of ether oxygens (including phenoxy) is 1. The van der Waals surface area contributed by atoms with E-state index in [4.69, 9.17) is 27.9 Å². The van der Waals surface area contributed by atoms with Crippen molar-refractivity contribution >= 4 is 23.2 Å². The Hall–Kier alpha value is -1.46. The van der Waals surface area contributed by atoms with E-state index in [2.05, 4.69) is 15.0 Å². The van der Waals surface area contributed by atoms with Gasteiger partial charge in [-0.1, -0.05) is 6.07 Å². The van der Waals surface area contributed by atoms with Gasteiger partial charge in [0, 0.05) is 0 Å². The molecular formula is C10H6Cl2FN3O. The second kappa shape index (κ2) is 4.81. The molecule has 0 atom stereocenters. The molecule has 1 heterocycles. The fraction of sp³-hybridized carbons (Fsp3) is 0.100. The van der Waals surface area contributed by atoms with Crippen LogP contribution in [0.4, 0.5) is 4.39 Å². The molecule has 17 heavy (non-hydrogen) atoms. The summed E-state index contributed by atoms with van der Waals surface area (Å²) in [7, 11) is 1.37. The van der Waals surface area contributed by atoms with Crippen LogP contribution in [0.1, 0.15) is 0 Å². The summed E-state index contributed by atoms with van der Waals surface area (Å²) < 4.78 is 18.8. The van der Waals surface area contributed by atoms with Gasteiger partial charge in [0.2, 0.25) is 10.6 Å². The summed E-state index contributed by atoms with van der Waals surface area (Å²) in [5, 5.41) is -0.190. The smallest absolute Gasteiger partial charge is 0.227 e. The number of benzene rings is 1. The normalized spacial score (nSPS) is 10.4. The van der Waals surface area contributed by atoms with Crippen molar-refractivity contribution in [2.24, 2.45) is 0 Å². The fourth-order valence-electron chi connectivity index (χ4n) is 1.29. The predicted octanol–water partition coefficient (Wildman–Crippen LogP) is 2.99. The van der Waals surface area contributed by atoms with Gasteiger partial charge in [0.1, 0.15) is 0 Å². The summed E-state index contributed by atoms with van der Waals surface area (Å²) >= 11 is 11.3. The van der Waals surface area contributed by atoms with Gasteiger partial charge in [-0.15, -0.1) is 0 Å². The van der Waals surface area contributed by atoms with Crippen molar-refractivity contribution < 1.29 is 9.13 Å². The van der Waals surface area contributed by atoms with E-state index in [0.29, 0.717) is 0 Å². The Balaban J connectivity index is 2.60. The van der Waals surface area contributed by atoms with Gasteiger partial charge in [0.15, 0.2) is 17.4 Å². The lowest BCUT2D eigenvalue weighted by Gasteiger charge is -2.06. The van der Waals surface area contributed by atoms with E-state index in [9.17, 15) is 4.39 Å². The zero-order chi connectivity index (χ0) is 12.4. The molecule has 2 rings (SSSR count). The molecule has 0 saturated carbocycles. The SMILES string of the molecule is COc1cccc(-c2nc(Cl)nc(Cl)n2)c1F. The fourth-order valence-corrected chi connectivity index (χ4v) is 1.65. The Labute approximate surface area is 106 Å². The zero-order valence-corrected chi connectivity index (χ0v) is 10.1. The number of rotatable bonds is 2. The number of hydrogen-bond acceptors (Lipinski definition) is 4. The Morgan fingerprint density at radius 3 is 2.35 bits per heavy atom. The van der Waals surface area contributed by atoms with Gasteiger partial charge in [0.25, 0.3) is 0 Å². The lowest BCUT2D eigenvalue weighted by Crippen LogP contribution is -1.97. The summed E-state index contributed by atoms with van der Waals surface area (Å²) in [6.07, 6.45) is 0. The minimum Gasteiger partial charge on any atom is -0.494 e. The third-order valence-electron chi connectivity index (χ3n) is 2.00. The lowest BCUT2D eigenvalue weighted by atomic mass is 10.2. The van der Waals surface area contributed by atoms with Crippen molar-refractivity contribution in [3.8, 4) is 17.1 Å². The molecule has 0 aliphatic carbocycles. The molecule has 0 aliphatic heterocycles. The van der Waals surface area contributed by atoms with E-state index in [-0.39, 0.29) is 27.7 Å². The number of halogens is 3. The summed E-state index contributed by atoms with van der Waals surface area (Å²) in [4.78, 5) is 11.2. The van der Waals surface area contributed by atoms with Crippen LogP contribution < -0.4 is 4.74 Å². The molecule has 0 fully saturated rings. The Morgan fingerprint density at radius 1 is 1.12 bits per heavy atom. The van der Waals surface area contributed by atoms with Gasteiger partial charge in [-0.25, -0.2) is 4.39 Å². The van der Waals surface area contributed by atoms with Gasteiger partial charge in [0.05, 0.1) is 12.7 Å². The van der Waals surface area contributed by atoms with Gasteiger partial charge in [-0.3, -0.25) is 0 Å². The topological polar surface area (TPSA) is 47.9 Å². The van der Waals surface area contributed by atoms with Crippen LogP contribution in [0, 0.1) is 5.82 Å². The van der Waals surface area contributed by atoms with E-state index in [1.165, 1.54) is 19.2 Å². The first-order chi connectivity index (χ1) is 8.11. The third-order valence-corrected chi connectivity index (χ3v) is 2.34. The van der Waals surface area contributed by atoms with Crippen LogP contribution in [0.2, 0.25) is 10.6 Å². The quantitative estimate of drug-likeness (QED) is 0.844. The van der Waals surface area contributed by atoms with Crippen molar-refractivity contribution in [1.82, 2.24) is 15.0 Å². The molecule has 0 amide bonds. The molecule has 1 aromatic heterocycles. The summed E-state index contributed by atoms with van der Waals surface area (Å²) in [5.74, 6) is -0.421. The Bertz CT molecular complexity index is 545. The number of methoxy groups -OCH3 is 1. The first kappa shape index (κ1) is 12.0. The van der Waals surface area contributed by atoms with E-state index in [1.807, 2.05) is 0 Å². The second-order valence-corrected chi connectivity index (χ2v) is 3.70. The van der Waals surface area contributed by atoms with Crippen LogP contribution in [0.3, 0.4) is 0 Å². The molecular weight excluding hydrogens is 268 g/mol. The highest BCUT2D eigenvalue weighted by atomic mass is 35.5. The van der Waals surface area contributed by atoms with Crippen LogP contribution in [-0.4, -0.2) is 22.1 Å². The highest BCUT2D eigenvalue weighted by Crippen LogP contribution is 2.27. The highest BCUT2D eigenvalue weighted by molar-refractivity contribution is 6.31. The molecule has 0 spiro atoms. The number of hydrogen-bond donors (Lipinski definition) is 0. The molecule has 7 heteroatoms. The van der Waals surface area contributed by atoms with Crippen LogP contribution in [-0.2, 0) is 0 Å². The zero-order valence-electron chi connectivity index (χ0n) is 8.62. The Kier molecular flexibility index (Phi) is 3.40. The molecule has 0 aliphatic rings. The van der Waals surface area contributed by atoms with Gasteiger partial charge >= 0.3 is 0 Å². The average molecular weight is 274 g/mol. The van der Waals surface area contributed by atoms with Crippen molar-refractivity contribution in [2.75, 3.05) is 7.11 Å². The maximum atomic E-state index is 13.9. The molecule has 4 nitrogen and oxygen atoms in total. The molecule has 1 aromatic carbocycles. The second-order valence-electron chi connectivity index (χ2n) is 3.02. The monoisotopic (exact) mass is 273 g/mol. The first-order valence-electron chi connectivity index (χ1n) is 4.51.